The van der Waals surface area contributed by atoms with Gasteiger partial charge in [0.25, 0.3) is 5.91 Å². The van der Waals surface area contributed by atoms with Gasteiger partial charge in [-0.25, -0.2) is 4.98 Å². The third-order valence-electron chi connectivity index (χ3n) is 2.57. The lowest BCUT2D eigenvalue weighted by Gasteiger charge is -2.10. The first-order chi connectivity index (χ1) is 9.61. The van der Waals surface area contributed by atoms with Gasteiger partial charge in [-0.2, -0.15) is 0 Å². The molecular weight excluding hydrogens is 342 g/mol. The molecule has 1 aromatic carbocycles. The second-order valence-electron chi connectivity index (χ2n) is 4.01. The number of hydrogen-bond donors (Lipinski definition) is 2. The van der Waals surface area contributed by atoms with E-state index in [0.717, 1.165) is 4.47 Å². The number of hydrogen-bond acceptors (Lipinski definition) is 3. The van der Waals surface area contributed by atoms with Gasteiger partial charge in [0.05, 0.1) is 10.6 Å². The van der Waals surface area contributed by atoms with E-state index in [4.69, 9.17) is 11.6 Å². The van der Waals surface area contributed by atoms with Gasteiger partial charge in [0.1, 0.15) is 5.82 Å². The number of halogens is 2. The smallest absolute Gasteiger partial charge is 0.259 e. The molecule has 20 heavy (non-hydrogen) atoms. The molecule has 0 saturated carbocycles. The van der Waals surface area contributed by atoms with Crippen molar-refractivity contribution in [1.82, 2.24) is 4.98 Å². The summed E-state index contributed by atoms with van der Waals surface area (Å²) in [6, 6.07) is 8.67. The lowest BCUT2D eigenvalue weighted by molar-refractivity contribution is 0.102. The quantitative estimate of drug-likeness (QED) is 0.866. The van der Waals surface area contributed by atoms with E-state index in [0.29, 0.717) is 28.6 Å². The molecule has 1 heterocycles. The second-order valence-corrected chi connectivity index (χ2v) is 5.27. The van der Waals surface area contributed by atoms with Crippen LogP contribution >= 0.6 is 27.5 Å². The zero-order valence-electron chi connectivity index (χ0n) is 10.8. The number of anilines is 2. The van der Waals surface area contributed by atoms with Crippen molar-refractivity contribution < 1.29 is 4.79 Å². The second kappa shape index (κ2) is 6.72. The minimum Gasteiger partial charge on any atom is -0.370 e. The van der Waals surface area contributed by atoms with E-state index in [2.05, 4.69) is 31.5 Å². The molecule has 2 aromatic rings. The van der Waals surface area contributed by atoms with Crippen molar-refractivity contribution in [3.63, 3.8) is 0 Å². The number of aromatic nitrogens is 1. The Kier molecular flexibility index (Phi) is 4.98. The Hall–Kier alpha value is -1.59. The van der Waals surface area contributed by atoms with E-state index in [1.54, 1.807) is 36.5 Å². The zero-order valence-corrected chi connectivity index (χ0v) is 13.1. The first-order valence-corrected chi connectivity index (χ1v) is 7.24. The minimum absolute atomic E-state index is 0.219. The summed E-state index contributed by atoms with van der Waals surface area (Å²) >= 11 is 9.24. The molecule has 0 spiro atoms. The molecule has 1 amide bonds. The fraction of sp³-hybridized carbons (Fsp3) is 0.143. The maximum absolute atomic E-state index is 12.3. The van der Waals surface area contributed by atoms with E-state index >= 15 is 0 Å². The zero-order chi connectivity index (χ0) is 14.5. The molecule has 0 saturated heterocycles. The number of pyridine rings is 1. The summed E-state index contributed by atoms with van der Waals surface area (Å²) in [5.41, 5.74) is 1.16. The number of rotatable bonds is 4. The first kappa shape index (κ1) is 14.8. The lowest BCUT2D eigenvalue weighted by atomic mass is 10.2. The summed E-state index contributed by atoms with van der Waals surface area (Å²) < 4.78 is 0.732. The number of carbonyl (C=O) groups is 1. The van der Waals surface area contributed by atoms with E-state index in [-0.39, 0.29) is 5.91 Å². The molecule has 0 bridgehead atoms. The number of nitrogens with zero attached hydrogens (tertiary/aromatic N) is 1. The topological polar surface area (TPSA) is 54.0 Å². The minimum atomic E-state index is -0.219. The molecule has 4 nitrogen and oxygen atoms in total. The maximum atomic E-state index is 12.3. The Labute approximate surface area is 130 Å². The number of nitrogens with one attached hydrogen (secondary N) is 2. The summed E-state index contributed by atoms with van der Waals surface area (Å²) in [7, 11) is 0. The van der Waals surface area contributed by atoms with Gasteiger partial charge >= 0.3 is 0 Å². The van der Waals surface area contributed by atoms with Gasteiger partial charge < -0.3 is 10.6 Å². The summed E-state index contributed by atoms with van der Waals surface area (Å²) in [5.74, 6) is 0.351. The molecular formula is C14H13BrClN3O. The fourth-order valence-electron chi connectivity index (χ4n) is 1.67. The molecule has 2 rings (SSSR count). The van der Waals surface area contributed by atoms with Crippen LogP contribution in [0.15, 0.2) is 41.0 Å². The molecule has 6 heteroatoms. The third kappa shape index (κ3) is 3.49. The van der Waals surface area contributed by atoms with Gasteiger partial charge in [-0.3, -0.25) is 4.79 Å². The van der Waals surface area contributed by atoms with Crippen LogP contribution in [0, 0.1) is 0 Å². The predicted octanol–water partition coefficient (Wildman–Crippen LogP) is 4.18. The van der Waals surface area contributed by atoms with Crippen LogP contribution in [0.3, 0.4) is 0 Å². The molecule has 0 aliphatic carbocycles. The Morgan fingerprint density at radius 1 is 1.40 bits per heavy atom. The van der Waals surface area contributed by atoms with Crippen LogP contribution in [0.4, 0.5) is 11.5 Å². The van der Waals surface area contributed by atoms with Crippen LogP contribution in [0.1, 0.15) is 17.3 Å². The maximum Gasteiger partial charge on any atom is 0.259 e. The van der Waals surface area contributed by atoms with Crippen LogP contribution in [0.25, 0.3) is 0 Å². The summed E-state index contributed by atoms with van der Waals surface area (Å²) in [5, 5.41) is 6.47. The van der Waals surface area contributed by atoms with Crippen molar-refractivity contribution in [1.29, 1.82) is 0 Å². The number of carbonyl (C=O) groups excluding carboxylic acids is 1. The molecule has 104 valence electrons. The normalized spacial score (nSPS) is 10.2. The Morgan fingerprint density at radius 2 is 2.20 bits per heavy atom. The SMILES string of the molecule is CCNc1ncccc1C(=O)Nc1ccc(Cl)c(Br)c1. The van der Waals surface area contributed by atoms with Crippen LogP contribution in [-0.2, 0) is 0 Å². The van der Waals surface area contributed by atoms with Crippen LogP contribution in [0.5, 0.6) is 0 Å². The molecule has 0 fully saturated rings. The van der Waals surface area contributed by atoms with Crippen molar-refractivity contribution in [2.24, 2.45) is 0 Å². The molecule has 2 N–H and O–H groups in total. The largest absolute Gasteiger partial charge is 0.370 e. The highest BCUT2D eigenvalue weighted by atomic mass is 79.9. The van der Waals surface area contributed by atoms with Crippen LogP contribution < -0.4 is 10.6 Å². The molecule has 0 unspecified atom stereocenters. The Morgan fingerprint density at radius 3 is 2.90 bits per heavy atom. The van der Waals surface area contributed by atoms with E-state index in [9.17, 15) is 4.79 Å². The van der Waals surface area contributed by atoms with E-state index < -0.39 is 0 Å². The predicted molar refractivity (Wildman–Crippen MR) is 85.5 cm³/mol. The highest BCUT2D eigenvalue weighted by Crippen LogP contribution is 2.26. The average Bonchev–Trinajstić information content (AvgIpc) is 2.44. The fourth-order valence-corrected chi connectivity index (χ4v) is 2.17. The molecule has 0 radical (unpaired) electrons. The van der Waals surface area contributed by atoms with Crippen LogP contribution in [0.2, 0.25) is 5.02 Å². The van der Waals surface area contributed by atoms with Gasteiger partial charge in [-0.1, -0.05) is 11.6 Å². The number of amides is 1. The van der Waals surface area contributed by atoms with Crippen molar-refractivity contribution in [3.8, 4) is 0 Å². The average molecular weight is 355 g/mol. The number of benzene rings is 1. The van der Waals surface area contributed by atoms with Gasteiger partial charge in [0.2, 0.25) is 0 Å². The van der Waals surface area contributed by atoms with Crippen molar-refractivity contribution in [2.45, 2.75) is 6.92 Å². The van der Waals surface area contributed by atoms with Gasteiger partial charge in [0, 0.05) is 22.9 Å². The van der Waals surface area contributed by atoms with E-state index in [1.165, 1.54) is 0 Å². The first-order valence-electron chi connectivity index (χ1n) is 6.07. The van der Waals surface area contributed by atoms with E-state index in [1.807, 2.05) is 6.92 Å². The highest BCUT2D eigenvalue weighted by molar-refractivity contribution is 9.10. The van der Waals surface area contributed by atoms with Crippen molar-refractivity contribution >= 4 is 44.9 Å². The van der Waals surface area contributed by atoms with Gasteiger partial charge in [-0.15, -0.1) is 0 Å². The molecule has 0 aliphatic heterocycles. The molecule has 0 aliphatic rings. The van der Waals surface area contributed by atoms with Crippen LogP contribution in [-0.4, -0.2) is 17.4 Å². The Bertz CT molecular complexity index is 634. The van der Waals surface area contributed by atoms with Crippen molar-refractivity contribution in [3.05, 3.63) is 51.6 Å². The summed E-state index contributed by atoms with van der Waals surface area (Å²) in [6.07, 6.45) is 1.65. The van der Waals surface area contributed by atoms with Gasteiger partial charge in [-0.05, 0) is 53.2 Å². The standard InChI is InChI=1S/C14H13BrClN3O/c1-2-17-13-10(4-3-7-18-13)14(20)19-9-5-6-12(16)11(15)8-9/h3-8H,2H2,1H3,(H,17,18)(H,19,20). The summed E-state index contributed by atoms with van der Waals surface area (Å²) in [4.78, 5) is 16.4. The molecule has 1 aromatic heterocycles. The monoisotopic (exact) mass is 353 g/mol. The molecule has 0 atom stereocenters. The third-order valence-corrected chi connectivity index (χ3v) is 3.79. The summed E-state index contributed by atoms with van der Waals surface area (Å²) in [6.45, 7) is 2.65. The lowest BCUT2D eigenvalue weighted by Crippen LogP contribution is -2.15. The van der Waals surface area contributed by atoms with Gasteiger partial charge in [0.15, 0.2) is 0 Å². The highest BCUT2D eigenvalue weighted by Gasteiger charge is 2.12. The Balaban J connectivity index is 2.21. The van der Waals surface area contributed by atoms with Crippen molar-refractivity contribution in [2.75, 3.05) is 17.2 Å².